The van der Waals surface area contributed by atoms with Gasteiger partial charge in [0.25, 0.3) is 5.91 Å². The van der Waals surface area contributed by atoms with E-state index in [0.29, 0.717) is 6.54 Å². The number of rotatable bonds is 4. The maximum absolute atomic E-state index is 12.7. The van der Waals surface area contributed by atoms with Gasteiger partial charge >= 0.3 is 0 Å². The summed E-state index contributed by atoms with van der Waals surface area (Å²) in [6, 6.07) is 16.4. The van der Waals surface area contributed by atoms with E-state index in [9.17, 15) is 14.4 Å². The molecule has 2 aromatic carbocycles. The fourth-order valence-corrected chi connectivity index (χ4v) is 4.00. The van der Waals surface area contributed by atoms with Gasteiger partial charge in [-0.2, -0.15) is 0 Å². The molecule has 5 heteroatoms. The van der Waals surface area contributed by atoms with Gasteiger partial charge in [-0.05, 0) is 48.1 Å². The van der Waals surface area contributed by atoms with Gasteiger partial charge in [-0.1, -0.05) is 42.5 Å². The number of nitrogens with one attached hydrogen (secondary N) is 1. The normalized spacial score (nSPS) is 21.4. The van der Waals surface area contributed by atoms with Gasteiger partial charge in [-0.15, -0.1) is 0 Å². The van der Waals surface area contributed by atoms with E-state index in [-0.39, 0.29) is 18.5 Å². The van der Waals surface area contributed by atoms with Crippen LogP contribution in [0.15, 0.2) is 48.5 Å². The molecule has 5 nitrogen and oxygen atoms in total. The van der Waals surface area contributed by atoms with Gasteiger partial charge in [0.05, 0.1) is 6.04 Å². The molecule has 1 aliphatic carbocycles. The molecule has 0 aromatic heterocycles. The number of carbonyl (C=O) groups is 3. The highest BCUT2D eigenvalue weighted by Crippen LogP contribution is 2.34. The van der Waals surface area contributed by atoms with E-state index < -0.39 is 17.6 Å². The number of nitrogens with zero attached hydrogens (tertiary/aromatic N) is 1. The zero-order chi connectivity index (χ0) is 19.0. The minimum absolute atomic E-state index is 0.116. The first-order chi connectivity index (χ1) is 13.1. The lowest BCUT2D eigenvalue weighted by Gasteiger charge is -2.18. The van der Waals surface area contributed by atoms with Crippen LogP contribution < -0.4 is 5.32 Å². The van der Waals surface area contributed by atoms with E-state index in [0.717, 1.165) is 29.5 Å². The summed E-state index contributed by atoms with van der Waals surface area (Å²) in [5.74, 6) is -2.37. The van der Waals surface area contributed by atoms with Gasteiger partial charge < -0.3 is 10.2 Å². The predicted molar refractivity (Wildman–Crippen MR) is 102 cm³/mol. The van der Waals surface area contributed by atoms with Crippen LogP contribution in [0.5, 0.6) is 0 Å². The summed E-state index contributed by atoms with van der Waals surface area (Å²) in [6.07, 6.45) is 1.71. The molecule has 2 atom stereocenters. The summed E-state index contributed by atoms with van der Waals surface area (Å²) >= 11 is 0. The highest BCUT2D eigenvalue weighted by atomic mass is 16.2. The van der Waals surface area contributed by atoms with E-state index in [2.05, 4.69) is 35.6 Å². The van der Waals surface area contributed by atoms with Crippen molar-refractivity contribution in [2.24, 2.45) is 5.92 Å². The fraction of sp³-hybridized carbons (Fsp3) is 0.318. The summed E-state index contributed by atoms with van der Waals surface area (Å²) in [6.45, 7) is 2.44. The number of fused-ring (bicyclic) bond motifs is 1. The molecule has 1 N–H and O–H groups in total. The highest BCUT2D eigenvalue weighted by molar-refractivity contribution is 6.42. The molecule has 2 aromatic rings. The van der Waals surface area contributed by atoms with E-state index in [1.165, 1.54) is 10.5 Å². The number of Topliss-reactive ketones (excluding diaryl/α,β-unsaturated/α-hetero) is 1. The second kappa shape index (κ2) is 6.99. The smallest absolute Gasteiger partial charge is 0.290 e. The first-order valence-corrected chi connectivity index (χ1v) is 9.40. The largest absolute Gasteiger partial charge is 0.349 e. The zero-order valence-corrected chi connectivity index (χ0v) is 15.3. The lowest BCUT2D eigenvalue weighted by molar-refractivity contribution is -0.142. The van der Waals surface area contributed by atoms with E-state index in [1.807, 2.05) is 25.1 Å². The first-order valence-electron chi connectivity index (χ1n) is 9.40. The molecule has 0 saturated carbocycles. The second-order valence-corrected chi connectivity index (χ2v) is 7.14. The lowest BCUT2D eigenvalue weighted by Crippen LogP contribution is -2.37. The number of likely N-dealkylation sites (tertiary alicyclic amines) is 1. The Morgan fingerprint density at radius 1 is 1.11 bits per heavy atom. The number of hydrogen-bond acceptors (Lipinski definition) is 3. The van der Waals surface area contributed by atoms with Crippen LogP contribution >= 0.6 is 0 Å². The molecule has 2 amide bonds. The van der Waals surface area contributed by atoms with Crippen molar-refractivity contribution in [2.45, 2.75) is 25.8 Å². The summed E-state index contributed by atoms with van der Waals surface area (Å²) in [4.78, 5) is 38.1. The van der Waals surface area contributed by atoms with E-state index in [1.54, 1.807) is 0 Å². The first kappa shape index (κ1) is 17.5. The number of ketones is 1. The summed E-state index contributed by atoms with van der Waals surface area (Å²) in [7, 11) is 0. The molecule has 0 radical (unpaired) electrons. The number of likely N-dealkylation sites (N-methyl/N-ethyl adjacent to an activating group) is 1. The molecule has 1 unspecified atom stereocenters. The van der Waals surface area contributed by atoms with Crippen molar-refractivity contribution in [1.29, 1.82) is 0 Å². The molecule has 4 rings (SSSR count). The molecule has 1 heterocycles. The Labute approximate surface area is 158 Å². The standard InChI is InChI=1S/C22H22N2O3/c1-2-24-13-18(20(25)22(24)27)21(26)23-19-11-10-15-8-9-16(12-17(15)19)14-6-4-3-5-7-14/h3-9,12,18-19H,2,10-11,13H2,1H3,(H,23,26)/t18?,19-/m1/s1. The van der Waals surface area contributed by atoms with Crippen LogP contribution in [0.1, 0.15) is 30.5 Å². The Kier molecular flexibility index (Phi) is 4.52. The van der Waals surface area contributed by atoms with Crippen LogP contribution in [0.25, 0.3) is 11.1 Å². The van der Waals surface area contributed by atoms with Crippen LogP contribution in [0.3, 0.4) is 0 Å². The fourth-order valence-electron chi connectivity index (χ4n) is 4.00. The van der Waals surface area contributed by atoms with Gasteiger partial charge in [0.15, 0.2) is 0 Å². The van der Waals surface area contributed by atoms with Crippen LogP contribution in [-0.2, 0) is 20.8 Å². The van der Waals surface area contributed by atoms with Gasteiger partial charge in [-0.3, -0.25) is 14.4 Å². The van der Waals surface area contributed by atoms with Crippen molar-refractivity contribution in [3.8, 4) is 11.1 Å². The molecule has 1 aliphatic heterocycles. The summed E-state index contributed by atoms with van der Waals surface area (Å²) < 4.78 is 0. The van der Waals surface area contributed by atoms with Crippen molar-refractivity contribution in [3.63, 3.8) is 0 Å². The van der Waals surface area contributed by atoms with Gasteiger partial charge in [-0.25, -0.2) is 0 Å². The Hall–Kier alpha value is -2.95. The number of benzene rings is 2. The van der Waals surface area contributed by atoms with Crippen LogP contribution in [0.4, 0.5) is 0 Å². The Morgan fingerprint density at radius 3 is 2.59 bits per heavy atom. The number of aryl methyl sites for hydroxylation is 1. The minimum atomic E-state index is -0.890. The zero-order valence-electron chi connectivity index (χ0n) is 15.3. The third-order valence-corrected chi connectivity index (χ3v) is 5.56. The Balaban J connectivity index is 1.53. The molecule has 27 heavy (non-hydrogen) atoms. The lowest BCUT2D eigenvalue weighted by atomic mass is 9.99. The van der Waals surface area contributed by atoms with Gasteiger partial charge in [0, 0.05) is 13.1 Å². The maximum atomic E-state index is 12.7. The number of hydrogen-bond donors (Lipinski definition) is 1. The van der Waals surface area contributed by atoms with Gasteiger partial charge in [0.2, 0.25) is 11.7 Å². The Bertz CT molecular complexity index is 907. The average Bonchev–Trinajstić information content (AvgIpc) is 3.23. The predicted octanol–water partition coefficient (Wildman–Crippen LogP) is 2.50. The molecule has 2 aliphatic rings. The SMILES string of the molecule is CCN1CC(C(=O)N[C@@H]2CCc3ccc(-c4ccccc4)cc32)C(=O)C1=O. The van der Waals surface area contributed by atoms with Crippen molar-refractivity contribution < 1.29 is 14.4 Å². The Morgan fingerprint density at radius 2 is 1.89 bits per heavy atom. The van der Waals surface area contributed by atoms with E-state index >= 15 is 0 Å². The molecular formula is C22H22N2O3. The van der Waals surface area contributed by atoms with Crippen molar-refractivity contribution >= 4 is 17.6 Å². The summed E-state index contributed by atoms with van der Waals surface area (Å²) in [5.41, 5.74) is 4.57. The number of carbonyl (C=O) groups excluding carboxylic acids is 3. The van der Waals surface area contributed by atoms with Crippen molar-refractivity contribution in [3.05, 3.63) is 59.7 Å². The van der Waals surface area contributed by atoms with Crippen molar-refractivity contribution in [2.75, 3.05) is 13.1 Å². The summed E-state index contributed by atoms with van der Waals surface area (Å²) in [5, 5.41) is 3.01. The molecule has 1 saturated heterocycles. The minimum Gasteiger partial charge on any atom is -0.349 e. The van der Waals surface area contributed by atoms with Crippen LogP contribution in [-0.4, -0.2) is 35.6 Å². The van der Waals surface area contributed by atoms with E-state index in [4.69, 9.17) is 0 Å². The molecule has 0 spiro atoms. The third kappa shape index (κ3) is 3.14. The van der Waals surface area contributed by atoms with Crippen LogP contribution in [0.2, 0.25) is 0 Å². The molecule has 0 bridgehead atoms. The maximum Gasteiger partial charge on any atom is 0.290 e. The monoisotopic (exact) mass is 362 g/mol. The molecule has 1 fully saturated rings. The number of amides is 2. The highest BCUT2D eigenvalue weighted by Gasteiger charge is 2.43. The van der Waals surface area contributed by atoms with Crippen molar-refractivity contribution in [1.82, 2.24) is 10.2 Å². The molecular weight excluding hydrogens is 340 g/mol. The van der Waals surface area contributed by atoms with Gasteiger partial charge in [0.1, 0.15) is 5.92 Å². The third-order valence-electron chi connectivity index (χ3n) is 5.56. The topological polar surface area (TPSA) is 66.5 Å². The molecule has 138 valence electrons. The van der Waals surface area contributed by atoms with Crippen LogP contribution in [0, 0.1) is 5.92 Å². The quantitative estimate of drug-likeness (QED) is 0.671. The second-order valence-electron chi connectivity index (χ2n) is 7.14. The average molecular weight is 362 g/mol.